The molecule has 1 aliphatic rings. The maximum Gasteiger partial charge on any atom is 0.191 e. The van der Waals surface area contributed by atoms with Crippen molar-refractivity contribution in [2.24, 2.45) is 4.99 Å². The molecule has 7 heteroatoms. The molecule has 1 aliphatic heterocycles. The van der Waals surface area contributed by atoms with E-state index in [9.17, 15) is 4.39 Å². The first-order valence-electron chi connectivity index (χ1n) is 10.6. The highest BCUT2D eigenvalue weighted by molar-refractivity contribution is 14.0. The summed E-state index contributed by atoms with van der Waals surface area (Å²) in [5, 5.41) is 15.6. The Morgan fingerprint density at radius 2 is 2.00 bits per heavy atom. The maximum atomic E-state index is 14.1. The molecule has 0 bridgehead atoms. The molecule has 0 amide bonds. The Labute approximate surface area is 201 Å². The van der Waals surface area contributed by atoms with Crippen LogP contribution in [0.2, 0.25) is 0 Å². The van der Waals surface area contributed by atoms with Gasteiger partial charge in [0.1, 0.15) is 5.82 Å². The minimum absolute atomic E-state index is 0. The van der Waals surface area contributed by atoms with E-state index in [0.717, 1.165) is 39.0 Å². The molecule has 2 aromatic rings. The molecule has 0 radical (unpaired) electrons. The molecule has 3 rings (SSSR count). The summed E-state index contributed by atoms with van der Waals surface area (Å²) in [4.78, 5) is 7.04. The van der Waals surface area contributed by atoms with Crippen LogP contribution in [0, 0.1) is 24.1 Å². The zero-order chi connectivity index (χ0) is 21.3. The molecular formula is C24H31FIN5. The van der Waals surface area contributed by atoms with Crippen molar-refractivity contribution in [3.63, 3.8) is 0 Å². The average molecular weight is 535 g/mol. The number of nitrogens with one attached hydrogen (secondary N) is 2. The predicted octanol–water partition coefficient (Wildman–Crippen LogP) is 4.34. The van der Waals surface area contributed by atoms with Crippen molar-refractivity contribution in [3.05, 3.63) is 70.5 Å². The molecule has 166 valence electrons. The van der Waals surface area contributed by atoms with E-state index in [1.807, 2.05) is 13.0 Å². The van der Waals surface area contributed by atoms with Gasteiger partial charge in [0.05, 0.1) is 18.2 Å². The number of benzene rings is 2. The smallest absolute Gasteiger partial charge is 0.191 e. The van der Waals surface area contributed by atoms with E-state index in [4.69, 9.17) is 5.26 Å². The predicted molar refractivity (Wildman–Crippen MR) is 134 cm³/mol. The highest BCUT2D eigenvalue weighted by Crippen LogP contribution is 2.15. The number of guanidine groups is 1. The second-order valence-electron chi connectivity index (χ2n) is 7.80. The molecule has 0 atom stereocenters. The molecule has 31 heavy (non-hydrogen) atoms. The van der Waals surface area contributed by atoms with Crippen LogP contribution in [0.4, 0.5) is 4.39 Å². The van der Waals surface area contributed by atoms with Gasteiger partial charge in [-0.15, -0.1) is 24.0 Å². The quantitative estimate of drug-likeness (QED) is 0.328. The fraction of sp³-hybridized carbons (Fsp3) is 0.417. The minimum atomic E-state index is -0.391. The molecule has 0 saturated carbocycles. The van der Waals surface area contributed by atoms with E-state index in [1.54, 1.807) is 12.1 Å². The zero-order valence-corrected chi connectivity index (χ0v) is 20.5. The van der Waals surface area contributed by atoms with Crippen molar-refractivity contribution < 1.29 is 4.39 Å². The molecule has 1 heterocycles. The van der Waals surface area contributed by atoms with Crippen molar-refractivity contribution in [3.8, 4) is 6.07 Å². The molecule has 1 saturated heterocycles. The van der Waals surface area contributed by atoms with Gasteiger partial charge in [0.15, 0.2) is 5.96 Å². The van der Waals surface area contributed by atoms with Crippen molar-refractivity contribution in [1.82, 2.24) is 15.5 Å². The average Bonchev–Trinajstić information content (AvgIpc) is 2.74. The third-order valence-electron chi connectivity index (χ3n) is 5.35. The summed E-state index contributed by atoms with van der Waals surface area (Å²) < 4.78 is 14.1. The minimum Gasteiger partial charge on any atom is -0.357 e. The standard InChI is InChI=1S/C24H30FN5.HI/c1-3-27-24(28-16-21-8-7-19(15-26)14-23(21)25)29-22-9-11-30(12-10-22)17-20-6-4-5-18(2)13-20;/h4-8,13-14,22H,3,9-12,16-17H2,1-2H3,(H2,27,28,29);1H. The lowest BCUT2D eigenvalue weighted by Gasteiger charge is -2.33. The number of likely N-dealkylation sites (tertiary alicyclic amines) is 1. The van der Waals surface area contributed by atoms with E-state index in [-0.39, 0.29) is 30.5 Å². The van der Waals surface area contributed by atoms with E-state index in [1.165, 1.54) is 17.2 Å². The largest absolute Gasteiger partial charge is 0.357 e. The van der Waals surface area contributed by atoms with Crippen molar-refractivity contribution in [2.45, 2.75) is 45.8 Å². The molecule has 0 unspecified atom stereocenters. The first-order chi connectivity index (χ1) is 14.6. The van der Waals surface area contributed by atoms with Gasteiger partial charge in [-0.25, -0.2) is 9.38 Å². The van der Waals surface area contributed by atoms with Crippen LogP contribution < -0.4 is 10.6 Å². The Hall–Kier alpha value is -2.18. The second-order valence-corrected chi connectivity index (χ2v) is 7.80. The molecule has 5 nitrogen and oxygen atoms in total. The van der Waals surface area contributed by atoms with Gasteiger partial charge in [-0.1, -0.05) is 35.9 Å². The van der Waals surface area contributed by atoms with Crippen molar-refractivity contribution >= 4 is 29.9 Å². The molecule has 1 fully saturated rings. The van der Waals surface area contributed by atoms with Gasteiger partial charge in [0.2, 0.25) is 0 Å². The number of aryl methyl sites for hydroxylation is 1. The topological polar surface area (TPSA) is 63.5 Å². The van der Waals surface area contributed by atoms with Gasteiger partial charge >= 0.3 is 0 Å². The van der Waals surface area contributed by atoms with Crippen LogP contribution in [0.3, 0.4) is 0 Å². The molecule has 2 N–H and O–H groups in total. The number of halogens is 2. The Kier molecular flexibility index (Phi) is 10.2. The first-order valence-corrected chi connectivity index (χ1v) is 10.6. The summed E-state index contributed by atoms with van der Waals surface area (Å²) in [6.45, 7) is 8.19. The van der Waals surface area contributed by atoms with E-state index in [0.29, 0.717) is 23.1 Å². The fourth-order valence-corrected chi connectivity index (χ4v) is 3.73. The van der Waals surface area contributed by atoms with Crippen LogP contribution >= 0.6 is 24.0 Å². The third-order valence-corrected chi connectivity index (χ3v) is 5.35. The lowest BCUT2D eigenvalue weighted by molar-refractivity contribution is 0.198. The summed E-state index contributed by atoms with van der Waals surface area (Å²) >= 11 is 0. The molecule has 0 spiro atoms. The van der Waals surface area contributed by atoms with Gasteiger partial charge < -0.3 is 10.6 Å². The highest BCUT2D eigenvalue weighted by atomic mass is 127. The van der Waals surface area contributed by atoms with Crippen molar-refractivity contribution in [2.75, 3.05) is 19.6 Å². The van der Waals surface area contributed by atoms with Gasteiger partial charge in [-0.3, -0.25) is 4.90 Å². The number of hydrogen-bond donors (Lipinski definition) is 2. The van der Waals surface area contributed by atoms with Crippen LogP contribution in [0.15, 0.2) is 47.5 Å². The van der Waals surface area contributed by atoms with E-state index < -0.39 is 5.82 Å². The highest BCUT2D eigenvalue weighted by Gasteiger charge is 2.20. The van der Waals surface area contributed by atoms with Crippen molar-refractivity contribution in [1.29, 1.82) is 5.26 Å². The Balaban J connectivity index is 0.00000341. The molecule has 0 aromatic heterocycles. The fourth-order valence-electron chi connectivity index (χ4n) is 3.73. The number of piperidine rings is 1. The zero-order valence-electron chi connectivity index (χ0n) is 18.2. The van der Waals surface area contributed by atoms with Gasteiger partial charge in [0, 0.05) is 37.8 Å². The number of nitriles is 1. The van der Waals surface area contributed by atoms with Crippen LogP contribution in [-0.2, 0) is 13.1 Å². The molecule has 2 aromatic carbocycles. The number of rotatable bonds is 6. The van der Waals surface area contributed by atoms with Crippen LogP contribution in [0.1, 0.15) is 42.0 Å². The van der Waals surface area contributed by atoms with Gasteiger partial charge in [-0.05, 0) is 44.4 Å². The first kappa shape index (κ1) is 25.1. The summed E-state index contributed by atoms with van der Waals surface area (Å²) in [5.41, 5.74) is 3.47. The SMILES string of the molecule is CCNC(=NCc1ccc(C#N)cc1F)NC1CCN(Cc2cccc(C)c2)CC1.I. The number of hydrogen-bond acceptors (Lipinski definition) is 3. The summed E-state index contributed by atoms with van der Waals surface area (Å²) in [7, 11) is 0. The van der Waals surface area contributed by atoms with E-state index >= 15 is 0 Å². The van der Waals surface area contributed by atoms with E-state index in [2.05, 4.69) is 51.7 Å². The molecular weight excluding hydrogens is 504 g/mol. The summed E-state index contributed by atoms with van der Waals surface area (Å²) in [5.74, 6) is 0.316. The monoisotopic (exact) mass is 535 g/mol. The Morgan fingerprint density at radius 3 is 2.65 bits per heavy atom. The lowest BCUT2D eigenvalue weighted by Crippen LogP contribution is -2.48. The number of nitrogens with zero attached hydrogens (tertiary/aromatic N) is 3. The third kappa shape index (κ3) is 7.78. The Bertz CT molecular complexity index is 916. The summed E-state index contributed by atoms with van der Waals surface area (Å²) in [6, 6.07) is 15.5. The van der Waals surface area contributed by atoms with Crippen LogP contribution in [0.5, 0.6) is 0 Å². The van der Waals surface area contributed by atoms with Gasteiger partial charge in [0.25, 0.3) is 0 Å². The lowest BCUT2D eigenvalue weighted by atomic mass is 10.0. The summed E-state index contributed by atoms with van der Waals surface area (Å²) in [6.07, 6.45) is 2.09. The maximum absolute atomic E-state index is 14.1. The van der Waals surface area contributed by atoms with Crippen LogP contribution in [0.25, 0.3) is 0 Å². The van der Waals surface area contributed by atoms with Gasteiger partial charge in [-0.2, -0.15) is 5.26 Å². The number of aliphatic imine (C=N–C) groups is 1. The van der Waals surface area contributed by atoms with Crippen LogP contribution in [-0.4, -0.2) is 36.5 Å². The normalized spacial score (nSPS) is 15.1. The Morgan fingerprint density at radius 1 is 1.23 bits per heavy atom. The second kappa shape index (κ2) is 12.6. The molecule has 0 aliphatic carbocycles.